The Hall–Kier alpha value is -2.07. The Labute approximate surface area is 182 Å². The number of hydrogen-bond donors (Lipinski definition) is 1. The van der Waals surface area contributed by atoms with Gasteiger partial charge < -0.3 is 9.88 Å². The molecule has 10 heteroatoms. The number of benzene rings is 1. The van der Waals surface area contributed by atoms with E-state index in [1.54, 1.807) is 23.7 Å². The zero-order chi connectivity index (χ0) is 21.7. The van der Waals surface area contributed by atoms with Crippen molar-refractivity contribution in [2.45, 2.75) is 56.8 Å². The molecule has 1 aliphatic rings. The fourth-order valence-electron chi connectivity index (χ4n) is 3.49. The summed E-state index contributed by atoms with van der Waals surface area (Å²) in [5.41, 5.74) is 1.63. The summed E-state index contributed by atoms with van der Waals surface area (Å²) < 4.78 is 27.8. The van der Waals surface area contributed by atoms with E-state index in [-0.39, 0.29) is 24.2 Å². The smallest absolute Gasteiger partial charge is 0.232 e. The van der Waals surface area contributed by atoms with Gasteiger partial charge >= 0.3 is 0 Å². The van der Waals surface area contributed by atoms with Gasteiger partial charge in [0.2, 0.25) is 15.9 Å². The lowest BCUT2D eigenvalue weighted by atomic mass is 9.95. The quantitative estimate of drug-likeness (QED) is 0.620. The highest BCUT2D eigenvalue weighted by Gasteiger charge is 2.22. The summed E-state index contributed by atoms with van der Waals surface area (Å²) in [6, 6.07) is 7.57. The molecule has 0 aliphatic heterocycles. The van der Waals surface area contributed by atoms with Crippen molar-refractivity contribution in [3.05, 3.63) is 35.7 Å². The molecule has 1 saturated carbocycles. The van der Waals surface area contributed by atoms with Crippen molar-refractivity contribution in [2.75, 3.05) is 16.3 Å². The summed E-state index contributed by atoms with van der Waals surface area (Å²) in [5, 5.41) is 12.0. The summed E-state index contributed by atoms with van der Waals surface area (Å²) in [5.74, 6) is 0.765. The maximum absolute atomic E-state index is 12.4. The van der Waals surface area contributed by atoms with Gasteiger partial charge in [-0.05, 0) is 31.9 Å². The van der Waals surface area contributed by atoms with Crippen molar-refractivity contribution >= 4 is 33.4 Å². The molecule has 8 nitrogen and oxygen atoms in total. The second-order valence-electron chi connectivity index (χ2n) is 7.75. The van der Waals surface area contributed by atoms with Crippen LogP contribution in [0.15, 0.2) is 29.4 Å². The SMILES string of the molecule is Cc1ccc(N(Cc2nnc(SCC(=O)NC3CCCCC3)n2C)S(C)(=O)=O)cc1. The molecule has 1 N–H and O–H groups in total. The van der Waals surface area contributed by atoms with Crippen LogP contribution in [0.3, 0.4) is 0 Å². The van der Waals surface area contributed by atoms with E-state index < -0.39 is 10.0 Å². The highest BCUT2D eigenvalue weighted by molar-refractivity contribution is 7.99. The minimum atomic E-state index is -3.50. The molecule has 2 aromatic rings. The number of rotatable bonds is 8. The summed E-state index contributed by atoms with van der Waals surface area (Å²) in [6.07, 6.45) is 6.85. The second-order valence-corrected chi connectivity index (χ2v) is 10.6. The molecule has 1 heterocycles. The highest BCUT2D eigenvalue weighted by Crippen LogP contribution is 2.23. The van der Waals surface area contributed by atoms with Gasteiger partial charge in [0.05, 0.1) is 24.2 Å². The van der Waals surface area contributed by atoms with Crippen LogP contribution >= 0.6 is 11.8 Å². The van der Waals surface area contributed by atoms with Crippen molar-refractivity contribution in [3.8, 4) is 0 Å². The molecule has 1 aromatic carbocycles. The first-order chi connectivity index (χ1) is 14.2. The molecular formula is C20H29N5O3S2. The first-order valence-corrected chi connectivity index (χ1v) is 12.9. The van der Waals surface area contributed by atoms with Crippen molar-refractivity contribution in [3.63, 3.8) is 0 Å². The van der Waals surface area contributed by atoms with Crippen LogP contribution in [-0.4, -0.2) is 47.1 Å². The molecule has 3 rings (SSSR count). The predicted octanol–water partition coefficient (Wildman–Crippen LogP) is 2.63. The molecule has 30 heavy (non-hydrogen) atoms. The highest BCUT2D eigenvalue weighted by atomic mass is 32.2. The number of sulfonamides is 1. The lowest BCUT2D eigenvalue weighted by Gasteiger charge is -2.22. The Morgan fingerprint density at radius 1 is 1.20 bits per heavy atom. The van der Waals surface area contributed by atoms with Crippen LogP contribution in [0.4, 0.5) is 5.69 Å². The first-order valence-electron chi connectivity index (χ1n) is 10.1. The van der Waals surface area contributed by atoms with E-state index in [1.807, 2.05) is 19.1 Å². The van der Waals surface area contributed by atoms with Gasteiger partial charge in [0.15, 0.2) is 11.0 Å². The van der Waals surface area contributed by atoms with Crippen LogP contribution in [0, 0.1) is 6.92 Å². The summed E-state index contributed by atoms with van der Waals surface area (Å²) in [7, 11) is -1.71. The van der Waals surface area contributed by atoms with Crippen molar-refractivity contribution < 1.29 is 13.2 Å². The number of amides is 1. The Morgan fingerprint density at radius 2 is 1.87 bits per heavy atom. The van der Waals surface area contributed by atoms with E-state index >= 15 is 0 Å². The van der Waals surface area contributed by atoms with Gasteiger partial charge in [-0.3, -0.25) is 9.10 Å². The molecule has 0 atom stereocenters. The summed E-state index contributed by atoms with van der Waals surface area (Å²) in [4.78, 5) is 12.2. The molecule has 0 radical (unpaired) electrons. The van der Waals surface area contributed by atoms with E-state index in [1.165, 1.54) is 41.6 Å². The van der Waals surface area contributed by atoms with Crippen LogP contribution in [0.5, 0.6) is 0 Å². The van der Waals surface area contributed by atoms with E-state index in [0.29, 0.717) is 16.7 Å². The average Bonchev–Trinajstić information content (AvgIpc) is 3.05. The summed E-state index contributed by atoms with van der Waals surface area (Å²) in [6.45, 7) is 2.02. The molecular weight excluding hydrogens is 422 g/mol. The van der Waals surface area contributed by atoms with Crippen LogP contribution in [0.1, 0.15) is 43.5 Å². The van der Waals surface area contributed by atoms with Crippen LogP contribution in [0.25, 0.3) is 0 Å². The number of carbonyl (C=O) groups is 1. The van der Waals surface area contributed by atoms with Crippen LogP contribution in [0.2, 0.25) is 0 Å². The van der Waals surface area contributed by atoms with Gasteiger partial charge in [-0.15, -0.1) is 10.2 Å². The Balaban J connectivity index is 1.64. The Kier molecular flexibility index (Phi) is 7.41. The molecule has 1 aromatic heterocycles. The van der Waals surface area contributed by atoms with Crippen LogP contribution in [-0.2, 0) is 28.4 Å². The van der Waals surface area contributed by atoms with Gasteiger partial charge in [0.25, 0.3) is 0 Å². The number of anilines is 1. The predicted molar refractivity (Wildman–Crippen MR) is 119 cm³/mol. The zero-order valence-electron chi connectivity index (χ0n) is 17.7. The zero-order valence-corrected chi connectivity index (χ0v) is 19.3. The fourth-order valence-corrected chi connectivity index (χ4v) is 5.09. The molecule has 1 aliphatic carbocycles. The third-order valence-electron chi connectivity index (χ3n) is 5.24. The number of aromatic nitrogens is 3. The summed E-state index contributed by atoms with van der Waals surface area (Å²) >= 11 is 1.31. The second kappa shape index (κ2) is 9.82. The number of carbonyl (C=O) groups excluding carboxylic acids is 1. The van der Waals surface area contributed by atoms with Gasteiger partial charge in [-0.1, -0.05) is 48.7 Å². The topological polar surface area (TPSA) is 97.2 Å². The number of thioether (sulfide) groups is 1. The molecule has 0 saturated heterocycles. The molecule has 0 bridgehead atoms. The van der Waals surface area contributed by atoms with Gasteiger partial charge in [-0.25, -0.2) is 8.42 Å². The number of aryl methyl sites for hydroxylation is 1. The van der Waals surface area contributed by atoms with E-state index in [4.69, 9.17) is 0 Å². The third-order valence-corrected chi connectivity index (χ3v) is 7.40. The minimum absolute atomic E-state index is 0.00568. The van der Waals surface area contributed by atoms with Crippen molar-refractivity contribution in [1.29, 1.82) is 0 Å². The lowest BCUT2D eigenvalue weighted by molar-refractivity contribution is -0.119. The maximum atomic E-state index is 12.4. The molecule has 1 amide bonds. The number of nitrogens with one attached hydrogen (secondary N) is 1. The molecule has 1 fully saturated rings. The number of nitrogens with zero attached hydrogens (tertiary/aromatic N) is 4. The normalized spacial score (nSPS) is 15.2. The molecule has 0 unspecified atom stereocenters. The standard InChI is InChI=1S/C20H29N5O3S2/c1-15-9-11-17(12-10-15)25(30(3,27)28)13-18-22-23-20(24(18)2)29-14-19(26)21-16-7-5-4-6-8-16/h9-12,16H,4-8,13-14H2,1-3H3,(H,21,26). The average molecular weight is 452 g/mol. The molecule has 0 spiro atoms. The number of hydrogen-bond acceptors (Lipinski definition) is 6. The molecule has 164 valence electrons. The third kappa shape index (κ3) is 5.98. The minimum Gasteiger partial charge on any atom is -0.353 e. The monoisotopic (exact) mass is 451 g/mol. The van der Waals surface area contributed by atoms with Crippen LogP contribution < -0.4 is 9.62 Å². The Morgan fingerprint density at radius 3 is 2.50 bits per heavy atom. The van der Waals surface area contributed by atoms with E-state index in [2.05, 4.69) is 15.5 Å². The first kappa shape index (κ1) is 22.6. The van der Waals surface area contributed by atoms with Crippen molar-refractivity contribution in [1.82, 2.24) is 20.1 Å². The van der Waals surface area contributed by atoms with Gasteiger partial charge in [-0.2, -0.15) is 0 Å². The van der Waals surface area contributed by atoms with Gasteiger partial charge in [0.1, 0.15) is 0 Å². The van der Waals surface area contributed by atoms with E-state index in [0.717, 1.165) is 18.4 Å². The largest absolute Gasteiger partial charge is 0.353 e. The maximum Gasteiger partial charge on any atom is 0.232 e. The fraction of sp³-hybridized carbons (Fsp3) is 0.550. The van der Waals surface area contributed by atoms with Crippen molar-refractivity contribution in [2.24, 2.45) is 7.05 Å². The lowest BCUT2D eigenvalue weighted by Crippen LogP contribution is -2.37. The Bertz CT molecular complexity index is 967. The van der Waals surface area contributed by atoms with E-state index in [9.17, 15) is 13.2 Å². The van der Waals surface area contributed by atoms with Gasteiger partial charge in [0, 0.05) is 13.1 Å².